The minimum Gasteiger partial charge on any atom is -0.459 e. The molecule has 7 nitrogen and oxygen atoms in total. The Hall–Kier alpha value is -2.70. The lowest BCUT2D eigenvalue weighted by atomic mass is 10.2. The molecule has 2 atom stereocenters. The molecule has 0 bridgehead atoms. The third kappa shape index (κ3) is 4.04. The molecule has 1 fully saturated rings. The summed E-state index contributed by atoms with van der Waals surface area (Å²) in [7, 11) is 0. The van der Waals surface area contributed by atoms with E-state index >= 15 is 0 Å². The fourth-order valence-electron chi connectivity index (χ4n) is 3.04. The Bertz CT molecular complexity index is 725. The minimum absolute atomic E-state index is 0.0366. The molecule has 1 aromatic carbocycles. The van der Waals surface area contributed by atoms with Crippen LogP contribution in [0, 0.1) is 0 Å². The van der Waals surface area contributed by atoms with Gasteiger partial charge in [-0.2, -0.15) is 0 Å². The maximum absolute atomic E-state index is 12.2. The summed E-state index contributed by atoms with van der Waals surface area (Å²) in [6.45, 7) is 5.54. The summed E-state index contributed by atoms with van der Waals surface area (Å²) in [5, 5.41) is 9.61. The van der Waals surface area contributed by atoms with E-state index in [4.69, 9.17) is 4.42 Å². The summed E-state index contributed by atoms with van der Waals surface area (Å²) in [5.41, 5.74) is 0.805. The molecule has 4 amide bonds. The average molecular weight is 344 g/mol. The van der Waals surface area contributed by atoms with Crippen LogP contribution in [-0.4, -0.2) is 42.6 Å². The molecule has 3 N–H and O–H groups in total. The van der Waals surface area contributed by atoms with Gasteiger partial charge < -0.3 is 25.3 Å². The monoisotopic (exact) mass is 344 g/mol. The Balaban J connectivity index is 1.51. The van der Waals surface area contributed by atoms with Gasteiger partial charge in [-0.1, -0.05) is 18.2 Å². The average Bonchev–Trinajstić information content (AvgIpc) is 3.21. The van der Waals surface area contributed by atoms with E-state index in [1.165, 1.54) is 0 Å². The molecular formula is C18H24N4O3. The number of hydrogen-bond donors (Lipinski definition) is 3. The van der Waals surface area contributed by atoms with Gasteiger partial charge in [-0.25, -0.2) is 9.59 Å². The number of urea groups is 2. The van der Waals surface area contributed by atoms with Crippen LogP contribution in [0.3, 0.4) is 0 Å². The van der Waals surface area contributed by atoms with Gasteiger partial charge in [0, 0.05) is 31.1 Å². The van der Waals surface area contributed by atoms with Crippen LogP contribution in [0.25, 0.3) is 11.0 Å². The van der Waals surface area contributed by atoms with Gasteiger partial charge in [0.1, 0.15) is 11.3 Å². The maximum Gasteiger partial charge on any atom is 0.317 e. The first kappa shape index (κ1) is 17.1. The topological polar surface area (TPSA) is 86.6 Å². The van der Waals surface area contributed by atoms with Crippen molar-refractivity contribution < 1.29 is 14.0 Å². The summed E-state index contributed by atoms with van der Waals surface area (Å²) >= 11 is 0. The number of amides is 4. The summed E-state index contributed by atoms with van der Waals surface area (Å²) in [5.74, 6) is 0.715. The lowest BCUT2D eigenvalue weighted by Crippen LogP contribution is -2.45. The Labute approximate surface area is 146 Å². The molecule has 1 saturated heterocycles. The number of carbonyl (C=O) groups excluding carboxylic acids is 2. The lowest BCUT2D eigenvalue weighted by Gasteiger charge is -2.18. The maximum atomic E-state index is 12.2. The van der Waals surface area contributed by atoms with Crippen molar-refractivity contribution in [3.63, 3.8) is 0 Å². The zero-order valence-corrected chi connectivity index (χ0v) is 14.5. The van der Waals surface area contributed by atoms with Crippen LogP contribution in [0.5, 0.6) is 0 Å². The van der Waals surface area contributed by atoms with Gasteiger partial charge in [-0.05, 0) is 32.4 Å². The first-order valence-electron chi connectivity index (χ1n) is 8.65. The molecule has 0 radical (unpaired) electrons. The van der Waals surface area contributed by atoms with Crippen molar-refractivity contribution in [3.8, 4) is 0 Å². The Morgan fingerprint density at radius 2 is 2.16 bits per heavy atom. The van der Waals surface area contributed by atoms with Crippen molar-refractivity contribution in [2.75, 3.05) is 19.6 Å². The Morgan fingerprint density at radius 3 is 2.92 bits per heavy atom. The highest BCUT2D eigenvalue weighted by Crippen LogP contribution is 2.23. The molecular weight excluding hydrogens is 320 g/mol. The van der Waals surface area contributed by atoms with Crippen molar-refractivity contribution in [3.05, 3.63) is 36.1 Å². The second kappa shape index (κ2) is 7.46. The second-order valence-corrected chi connectivity index (χ2v) is 6.29. The number of rotatable bonds is 4. The number of nitrogens with zero attached hydrogens (tertiary/aromatic N) is 1. The van der Waals surface area contributed by atoms with E-state index in [0.29, 0.717) is 25.4 Å². The predicted molar refractivity (Wildman–Crippen MR) is 95.3 cm³/mol. The van der Waals surface area contributed by atoms with Crippen LogP contribution >= 0.6 is 0 Å². The van der Waals surface area contributed by atoms with Crippen molar-refractivity contribution >= 4 is 23.0 Å². The predicted octanol–water partition coefficient (Wildman–Crippen LogP) is 2.60. The second-order valence-electron chi connectivity index (χ2n) is 6.29. The molecule has 0 spiro atoms. The van der Waals surface area contributed by atoms with Crippen molar-refractivity contribution in [1.82, 2.24) is 20.9 Å². The zero-order chi connectivity index (χ0) is 17.8. The molecule has 1 aliphatic rings. The molecule has 1 aromatic heterocycles. The van der Waals surface area contributed by atoms with Crippen molar-refractivity contribution in [1.29, 1.82) is 0 Å². The van der Waals surface area contributed by atoms with Gasteiger partial charge >= 0.3 is 12.1 Å². The first-order chi connectivity index (χ1) is 12.1. The number of benzene rings is 1. The van der Waals surface area contributed by atoms with Crippen LogP contribution in [0.2, 0.25) is 0 Å². The number of furan rings is 1. The van der Waals surface area contributed by atoms with Crippen LogP contribution < -0.4 is 16.0 Å². The molecule has 134 valence electrons. The number of carbonyl (C=O) groups is 2. The standard InChI is InChI=1S/C18H24N4O3/c1-3-19-18(24)22-9-8-14(11-22)21-17(23)20-12(2)16-10-13-6-4-5-7-15(13)25-16/h4-7,10,12,14H,3,8-9,11H2,1-2H3,(H,19,24)(H2,20,21,23)/t12-,14?/m0/s1. The number of fused-ring (bicyclic) bond motifs is 1. The summed E-state index contributed by atoms with van der Waals surface area (Å²) < 4.78 is 5.77. The highest BCUT2D eigenvalue weighted by molar-refractivity contribution is 5.79. The van der Waals surface area contributed by atoms with Gasteiger partial charge in [0.15, 0.2) is 0 Å². The molecule has 0 saturated carbocycles. The van der Waals surface area contributed by atoms with E-state index in [2.05, 4.69) is 16.0 Å². The normalized spacial score (nSPS) is 18.2. The lowest BCUT2D eigenvalue weighted by molar-refractivity contribution is 0.207. The molecule has 2 heterocycles. The van der Waals surface area contributed by atoms with Gasteiger partial charge in [0.2, 0.25) is 0 Å². The van der Waals surface area contributed by atoms with E-state index in [9.17, 15) is 9.59 Å². The number of para-hydroxylation sites is 1. The Kier molecular flexibility index (Phi) is 5.11. The largest absolute Gasteiger partial charge is 0.459 e. The Morgan fingerprint density at radius 1 is 1.36 bits per heavy atom. The van der Waals surface area contributed by atoms with Crippen LogP contribution in [0.15, 0.2) is 34.7 Å². The van der Waals surface area contributed by atoms with Crippen molar-refractivity contribution in [2.24, 2.45) is 0 Å². The number of likely N-dealkylation sites (tertiary alicyclic amines) is 1. The van der Waals surface area contributed by atoms with Gasteiger partial charge in [0.05, 0.1) is 6.04 Å². The molecule has 1 aliphatic heterocycles. The van der Waals surface area contributed by atoms with E-state index in [0.717, 1.165) is 17.4 Å². The number of nitrogens with one attached hydrogen (secondary N) is 3. The van der Waals surface area contributed by atoms with E-state index in [1.807, 2.05) is 44.2 Å². The highest BCUT2D eigenvalue weighted by Gasteiger charge is 2.27. The molecule has 0 aliphatic carbocycles. The summed E-state index contributed by atoms with van der Waals surface area (Å²) in [4.78, 5) is 25.7. The molecule has 7 heteroatoms. The van der Waals surface area contributed by atoms with Crippen LogP contribution in [-0.2, 0) is 0 Å². The van der Waals surface area contributed by atoms with Gasteiger partial charge in [-0.15, -0.1) is 0 Å². The fourth-order valence-corrected chi connectivity index (χ4v) is 3.04. The zero-order valence-electron chi connectivity index (χ0n) is 14.5. The smallest absolute Gasteiger partial charge is 0.317 e. The van der Waals surface area contributed by atoms with E-state index in [1.54, 1.807) is 4.90 Å². The van der Waals surface area contributed by atoms with Gasteiger partial charge in [0.25, 0.3) is 0 Å². The van der Waals surface area contributed by atoms with Crippen LogP contribution in [0.1, 0.15) is 32.1 Å². The fraction of sp³-hybridized carbons (Fsp3) is 0.444. The molecule has 2 aromatic rings. The van der Waals surface area contributed by atoms with E-state index < -0.39 is 0 Å². The molecule has 3 rings (SSSR count). The van der Waals surface area contributed by atoms with Gasteiger partial charge in [-0.3, -0.25) is 0 Å². The summed E-state index contributed by atoms with van der Waals surface area (Å²) in [6, 6.07) is 9.07. The molecule has 1 unspecified atom stereocenters. The third-order valence-electron chi connectivity index (χ3n) is 4.36. The number of hydrogen-bond acceptors (Lipinski definition) is 3. The quantitative estimate of drug-likeness (QED) is 0.797. The highest BCUT2D eigenvalue weighted by atomic mass is 16.3. The van der Waals surface area contributed by atoms with Crippen molar-refractivity contribution in [2.45, 2.75) is 32.4 Å². The SMILES string of the molecule is CCNC(=O)N1CCC(NC(=O)N[C@@H](C)c2cc3ccccc3o2)C1. The van der Waals surface area contributed by atoms with Crippen LogP contribution in [0.4, 0.5) is 9.59 Å². The first-order valence-corrected chi connectivity index (χ1v) is 8.65. The van der Waals surface area contributed by atoms with E-state index in [-0.39, 0.29) is 24.1 Å². The third-order valence-corrected chi connectivity index (χ3v) is 4.36. The minimum atomic E-state index is -0.254. The summed E-state index contributed by atoms with van der Waals surface area (Å²) in [6.07, 6.45) is 0.754. The molecule has 25 heavy (non-hydrogen) atoms.